The summed E-state index contributed by atoms with van der Waals surface area (Å²) in [5.41, 5.74) is 4.57. The first-order chi connectivity index (χ1) is 32.3. The Hall–Kier alpha value is -4.41. The number of allylic oxidation sites excluding steroid dienone is 7. The van der Waals surface area contributed by atoms with E-state index in [1.807, 2.05) is 69.9 Å². The SMILES string of the molecule is CCCN1C(=O)C(C#N)C(C)C(C2C(=C/C=C3/N(CCCCS(=O)(=O)O)c4ccc(S(=O)(=O)O)cc4C3(C)C)CCC2C=CC2=[N+](CCCCS(=O)(=O)O)c3ccc(SOOO)cc3C2(C)C)=C1O. The van der Waals surface area contributed by atoms with Crippen LogP contribution in [-0.4, -0.2) is 102 Å². The molecule has 0 saturated heterocycles. The average molecular weight is 1030 g/mol. The summed E-state index contributed by atoms with van der Waals surface area (Å²) in [6, 6.07) is 12.1. The lowest BCUT2D eigenvalue weighted by atomic mass is 9.73. The molecule has 0 aromatic heterocycles. The molecule has 1 saturated carbocycles. The van der Waals surface area contributed by atoms with E-state index < -0.39 is 76.4 Å². The smallest absolute Gasteiger partial charge is 0.294 e. The number of rotatable bonds is 20. The van der Waals surface area contributed by atoms with Gasteiger partial charge in [-0.05, 0) is 100 Å². The lowest BCUT2D eigenvalue weighted by molar-refractivity contribution is -0.438. The molecule has 22 heteroatoms. The molecule has 18 nitrogen and oxygen atoms in total. The molecule has 4 unspecified atom stereocenters. The first-order valence-electron chi connectivity index (χ1n) is 22.7. The number of hydrogen-bond acceptors (Lipinski definition) is 14. The second kappa shape index (κ2) is 21.1. The molecule has 3 aliphatic heterocycles. The second-order valence-electron chi connectivity index (χ2n) is 19.0. The van der Waals surface area contributed by atoms with Crippen LogP contribution in [0, 0.1) is 35.0 Å². The molecule has 5 N–H and O–H groups in total. The van der Waals surface area contributed by atoms with Gasteiger partial charge in [0.15, 0.2) is 11.6 Å². The number of carbonyl (C=O) groups excluding carboxylic acids is 1. The van der Waals surface area contributed by atoms with Gasteiger partial charge in [0, 0.05) is 76.3 Å². The zero-order chi connectivity index (χ0) is 50.9. The first kappa shape index (κ1) is 53.9. The number of nitrogens with zero attached hydrogens (tertiary/aromatic N) is 4. The lowest BCUT2D eigenvalue weighted by Crippen LogP contribution is -2.45. The summed E-state index contributed by atoms with van der Waals surface area (Å²) in [4.78, 5) is 17.3. The molecular weight excluding hydrogens is 973 g/mol. The molecule has 69 heavy (non-hydrogen) atoms. The van der Waals surface area contributed by atoms with Crippen LogP contribution in [0.1, 0.15) is 97.6 Å². The van der Waals surface area contributed by atoms with Crippen molar-refractivity contribution >= 4 is 65.4 Å². The summed E-state index contributed by atoms with van der Waals surface area (Å²) in [5, 5.41) is 35.2. The van der Waals surface area contributed by atoms with Crippen molar-refractivity contribution in [3.8, 4) is 6.07 Å². The number of amides is 1. The summed E-state index contributed by atoms with van der Waals surface area (Å²) >= 11 is 0.816. The van der Waals surface area contributed by atoms with Gasteiger partial charge in [-0.15, -0.1) is 4.33 Å². The quantitative estimate of drug-likeness (QED) is 0.0209. The van der Waals surface area contributed by atoms with E-state index in [1.165, 1.54) is 17.0 Å². The van der Waals surface area contributed by atoms with Crippen LogP contribution in [0.25, 0.3) is 0 Å². The van der Waals surface area contributed by atoms with Crippen LogP contribution >= 0.6 is 12.0 Å². The molecule has 1 fully saturated rings. The summed E-state index contributed by atoms with van der Waals surface area (Å²) in [6.45, 7) is 12.4. The average Bonchev–Trinajstić information content (AvgIpc) is 3.82. The number of carbonyl (C=O) groups is 1. The highest BCUT2D eigenvalue weighted by atomic mass is 32.2. The monoisotopic (exact) mass is 1030 g/mol. The predicted molar refractivity (Wildman–Crippen MR) is 259 cm³/mol. The number of aliphatic hydroxyl groups excluding tert-OH is 1. The molecule has 3 heterocycles. The molecule has 0 radical (unpaired) electrons. The Morgan fingerprint density at radius 3 is 2.20 bits per heavy atom. The standard InChI is InChI=1S/C47H60N4O14S4/c1-7-22-51-44(52)35(29-48)30(2)42(45(51)53)43-31(14-20-40-46(3,4)36-27-33(66-65-64-54)16-18-38(36)49(40)23-8-10-25-67(55,56)57)12-13-32(43)15-21-41-47(5,6)37-28-34(69(61,62)63)17-19-39(37)50(41)24-9-11-26-68(58,59)60/h14-21,27-28,30-31,35,43H,7-13,22-26H2,1-6H3,(H4-,53,54,55,56,57,58,59,60,61,62,63)/p+1/b20-14?,32-15?,41-21+. The van der Waals surface area contributed by atoms with Crippen molar-refractivity contribution in [1.82, 2.24) is 4.90 Å². The Bertz CT molecular complexity index is 2880. The van der Waals surface area contributed by atoms with Gasteiger partial charge in [0.1, 0.15) is 12.5 Å². The van der Waals surface area contributed by atoms with E-state index in [2.05, 4.69) is 21.8 Å². The number of aliphatic hydroxyl groups is 1. The van der Waals surface area contributed by atoms with Crippen LogP contribution in [0.15, 0.2) is 93.2 Å². The first-order valence-corrected chi connectivity index (χ1v) is 28.1. The van der Waals surface area contributed by atoms with E-state index in [0.717, 1.165) is 40.3 Å². The summed E-state index contributed by atoms with van der Waals surface area (Å²) < 4.78 is 107. The van der Waals surface area contributed by atoms with Crippen LogP contribution < -0.4 is 4.90 Å². The molecule has 1 aliphatic carbocycles. The number of anilines is 1. The minimum Gasteiger partial charge on any atom is -0.494 e. The largest absolute Gasteiger partial charge is 0.494 e. The van der Waals surface area contributed by atoms with Gasteiger partial charge in [-0.25, -0.2) is 5.26 Å². The van der Waals surface area contributed by atoms with Gasteiger partial charge in [-0.1, -0.05) is 50.5 Å². The summed E-state index contributed by atoms with van der Waals surface area (Å²) in [5.74, 6) is -4.09. The molecule has 0 spiro atoms. The molecule has 4 aliphatic rings. The molecular formula is C47H61N4O14S4+. The molecule has 4 atom stereocenters. The molecule has 6 rings (SSSR count). The highest BCUT2D eigenvalue weighted by Gasteiger charge is 2.48. The van der Waals surface area contributed by atoms with Gasteiger partial charge in [-0.2, -0.15) is 35.1 Å². The Labute approximate surface area is 409 Å². The zero-order valence-corrected chi connectivity index (χ0v) is 42.7. The van der Waals surface area contributed by atoms with Crippen molar-refractivity contribution in [1.29, 1.82) is 5.26 Å². The van der Waals surface area contributed by atoms with Crippen molar-refractivity contribution in [3.63, 3.8) is 0 Å². The fourth-order valence-corrected chi connectivity index (χ4v) is 12.4. The van der Waals surface area contributed by atoms with Crippen LogP contribution in [0.5, 0.6) is 0 Å². The van der Waals surface area contributed by atoms with E-state index in [9.17, 15) is 54.1 Å². The summed E-state index contributed by atoms with van der Waals surface area (Å²) in [6.07, 6.45) is 10.7. The maximum Gasteiger partial charge on any atom is 0.294 e. The number of nitriles is 1. The molecule has 2 aromatic carbocycles. The van der Waals surface area contributed by atoms with Crippen LogP contribution in [-0.2, 0) is 55.4 Å². The van der Waals surface area contributed by atoms with Crippen LogP contribution in [0.2, 0.25) is 0 Å². The maximum absolute atomic E-state index is 13.7. The van der Waals surface area contributed by atoms with Crippen molar-refractivity contribution in [3.05, 3.63) is 94.6 Å². The minimum atomic E-state index is -4.57. The molecule has 1 amide bonds. The number of hydrogen-bond donors (Lipinski definition) is 5. The van der Waals surface area contributed by atoms with Gasteiger partial charge < -0.3 is 10.0 Å². The van der Waals surface area contributed by atoms with Crippen LogP contribution in [0.4, 0.5) is 11.4 Å². The van der Waals surface area contributed by atoms with Gasteiger partial charge in [0.25, 0.3) is 30.4 Å². The Morgan fingerprint density at radius 1 is 0.899 bits per heavy atom. The number of fused-ring (bicyclic) bond motifs is 2. The highest BCUT2D eigenvalue weighted by Crippen LogP contribution is 2.52. The van der Waals surface area contributed by atoms with Crippen molar-refractivity contribution in [2.24, 2.45) is 23.7 Å². The highest BCUT2D eigenvalue weighted by molar-refractivity contribution is 7.94. The van der Waals surface area contributed by atoms with Gasteiger partial charge in [0.05, 0.1) is 39.9 Å². The van der Waals surface area contributed by atoms with Gasteiger partial charge >= 0.3 is 0 Å². The Balaban J connectivity index is 1.49. The maximum atomic E-state index is 13.7. The topological polar surface area (TPSA) is 272 Å². The molecule has 2 aromatic rings. The van der Waals surface area contributed by atoms with Gasteiger partial charge in [0.2, 0.25) is 11.6 Å². The minimum absolute atomic E-state index is 0.146. The number of unbranched alkanes of at least 4 members (excludes halogenated alkanes) is 2. The van der Waals surface area contributed by atoms with E-state index in [4.69, 9.17) is 9.59 Å². The zero-order valence-electron chi connectivity index (χ0n) is 39.4. The number of benzene rings is 2. The predicted octanol–water partition coefficient (Wildman–Crippen LogP) is 8.06. The third kappa shape index (κ3) is 11.7. The third-order valence-electron chi connectivity index (χ3n) is 13.8. The summed E-state index contributed by atoms with van der Waals surface area (Å²) in [7, 11) is -13.0. The van der Waals surface area contributed by atoms with E-state index in [1.54, 1.807) is 19.1 Å². The molecule has 0 bridgehead atoms. The Kier molecular flexibility index (Phi) is 16.5. The van der Waals surface area contributed by atoms with Crippen molar-refractivity contribution in [2.45, 2.75) is 107 Å². The van der Waals surface area contributed by atoms with Gasteiger partial charge in [-0.3, -0.25) is 23.4 Å². The van der Waals surface area contributed by atoms with Crippen molar-refractivity contribution in [2.75, 3.05) is 36.0 Å². The fraction of sp³-hybridized carbons (Fsp3) is 0.511. The van der Waals surface area contributed by atoms with Crippen LogP contribution in [0.3, 0.4) is 0 Å². The van der Waals surface area contributed by atoms with Crippen molar-refractivity contribution < 1.29 is 68.0 Å². The lowest BCUT2D eigenvalue weighted by Gasteiger charge is -2.38. The second-order valence-corrected chi connectivity index (χ2v) is 24.3. The Morgan fingerprint density at radius 2 is 1.58 bits per heavy atom. The van der Waals surface area contributed by atoms with E-state index >= 15 is 0 Å². The fourth-order valence-electron chi connectivity index (χ4n) is 10.4. The third-order valence-corrected chi connectivity index (χ3v) is 16.8. The van der Waals surface area contributed by atoms with E-state index in [0.29, 0.717) is 66.9 Å². The normalized spacial score (nSPS) is 23.8. The van der Waals surface area contributed by atoms with E-state index in [-0.39, 0.29) is 36.1 Å². The molecule has 376 valence electrons.